The zero-order valence-corrected chi connectivity index (χ0v) is 11.9. The van der Waals surface area contributed by atoms with Gasteiger partial charge in [0.2, 0.25) is 0 Å². The molecule has 2 aromatic carbocycles. The Kier molecular flexibility index (Phi) is 3.75. The third kappa shape index (κ3) is 2.83. The monoisotopic (exact) mass is 302 g/mol. The molecule has 21 heavy (non-hydrogen) atoms. The van der Waals surface area contributed by atoms with E-state index in [0.29, 0.717) is 17.3 Å². The van der Waals surface area contributed by atoms with Gasteiger partial charge in [-0.3, -0.25) is 0 Å². The molecule has 0 atom stereocenters. The number of aromatic nitrogens is 2. The van der Waals surface area contributed by atoms with Gasteiger partial charge in [-0.1, -0.05) is 0 Å². The van der Waals surface area contributed by atoms with Crippen molar-refractivity contribution in [2.45, 2.75) is 5.75 Å². The maximum atomic E-state index is 13.1. The lowest BCUT2D eigenvalue weighted by molar-refractivity contribution is 0.627. The van der Waals surface area contributed by atoms with Crippen molar-refractivity contribution < 1.29 is 8.78 Å². The van der Waals surface area contributed by atoms with Crippen LogP contribution >= 0.6 is 12.6 Å². The number of H-pyrrole nitrogens is 1. The summed E-state index contributed by atoms with van der Waals surface area (Å²) in [6.07, 6.45) is 0. The van der Waals surface area contributed by atoms with E-state index in [1.54, 1.807) is 24.3 Å². The number of hydrogen-bond donors (Lipinski definition) is 2. The Morgan fingerprint density at radius 2 is 1.38 bits per heavy atom. The van der Waals surface area contributed by atoms with E-state index in [-0.39, 0.29) is 11.6 Å². The van der Waals surface area contributed by atoms with Crippen molar-refractivity contribution in [2.75, 3.05) is 0 Å². The number of nitrogens with zero attached hydrogens (tertiary/aromatic N) is 1. The maximum Gasteiger partial charge on any atom is 0.123 e. The normalized spacial score (nSPS) is 10.8. The number of imidazole rings is 1. The van der Waals surface area contributed by atoms with Gasteiger partial charge in [-0.2, -0.15) is 12.6 Å². The number of hydrogen-bond acceptors (Lipinski definition) is 2. The van der Waals surface area contributed by atoms with Gasteiger partial charge in [-0.05, 0) is 48.5 Å². The largest absolute Gasteiger partial charge is 0.341 e. The molecule has 0 aliphatic carbocycles. The van der Waals surface area contributed by atoms with Crippen LogP contribution < -0.4 is 0 Å². The summed E-state index contributed by atoms with van der Waals surface area (Å²) >= 11 is 4.21. The second-order valence-corrected chi connectivity index (χ2v) is 4.90. The summed E-state index contributed by atoms with van der Waals surface area (Å²) in [7, 11) is 0. The Hall–Kier alpha value is -2.14. The molecule has 0 aliphatic rings. The highest BCUT2D eigenvalue weighted by Crippen LogP contribution is 2.30. The van der Waals surface area contributed by atoms with Gasteiger partial charge in [0.25, 0.3) is 0 Å². The fourth-order valence-corrected chi connectivity index (χ4v) is 2.29. The number of benzene rings is 2. The van der Waals surface area contributed by atoms with E-state index in [0.717, 1.165) is 16.8 Å². The minimum Gasteiger partial charge on any atom is -0.341 e. The van der Waals surface area contributed by atoms with E-state index in [2.05, 4.69) is 22.6 Å². The van der Waals surface area contributed by atoms with Gasteiger partial charge >= 0.3 is 0 Å². The van der Waals surface area contributed by atoms with Crippen molar-refractivity contribution >= 4 is 12.6 Å². The molecule has 0 saturated carbocycles. The van der Waals surface area contributed by atoms with Crippen LogP contribution in [0.4, 0.5) is 8.78 Å². The molecule has 0 radical (unpaired) electrons. The topological polar surface area (TPSA) is 28.7 Å². The van der Waals surface area contributed by atoms with E-state index in [4.69, 9.17) is 0 Å². The molecule has 3 rings (SSSR count). The summed E-state index contributed by atoms with van der Waals surface area (Å²) in [5.74, 6) is 0.565. The first-order valence-corrected chi connectivity index (χ1v) is 7.02. The standard InChI is InChI=1S/C16H12F2N2S/c17-12-5-1-10(2-6-12)15-16(20-14(9-21)19-15)11-3-7-13(18)8-4-11/h1-8,21H,9H2,(H,19,20). The molecule has 5 heteroatoms. The summed E-state index contributed by atoms with van der Waals surface area (Å²) < 4.78 is 26.1. The summed E-state index contributed by atoms with van der Waals surface area (Å²) in [4.78, 5) is 7.66. The highest BCUT2D eigenvalue weighted by molar-refractivity contribution is 7.79. The van der Waals surface area contributed by atoms with Crippen LogP contribution in [0.2, 0.25) is 0 Å². The van der Waals surface area contributed by atoms with Crippen molar-refractivity contribution in [3.63, 3.8) is 0 Å². The van der Waals surface area contributed by atoms with Crippen LogP contribution in [0.3, 0.4) is 0 Å². The van der Waals surface area contributed by atoms with Gasteiger partial charge in [0.1, 0.15) is 17.5 Å². The average Bonchev–Trinajstić information content (AvgIpc) is 2.93. The number of halogens is 2. The second kappa shape index (κ2) is 5.69. The molecule has 1 aromatic heterocycles. The Labute approximate surface area is 126 Å². The Morgan fingerprint density at radius 3 is 1.90 bits per heavy atom. The fourth-order valence-electron chi connectivity index (χ4n) is 2.14. The van der Waals surface area contributed by atoms with Crippen LogP contribution in [-0.2, 0) is 5.75 Å². The highest BCUT2D eigenvalue weighted by atomic mass is 32.1. The molecule has 106 valence electrons. The molecular weight excluding hydrogens is 290 g/mol. The van der Waals surface area contributed by atoms with Crippen LogP contribution in [0.1, 0.15) is 5.82 Å². The smallest absolute Gasteiger partial charge is 0.123 e. The van der Waals surface area contributed by atoms with Gasteiger partial charge in [0.15, 0.2) is 0 Å². The van der Waals surface area contributed by atoms with Crippen LogP contribution in [0.25, 0.3) is 22.5 Å². The van der Waals surface area contributed by atoms with E-state index in [1.807, 2.05) is 0 Å². The molecular formula is C16H12F2N2S. The molecule has 1 heterocycles. The van der Waals surface area contributed by atoms with Gasteiger partial charge in [0, 0.05) is 16.9 Å². The van der Waals surface area contributed by atoms with E-state index in [1.165, 1.54) is 24.3 Å². The molecule has 0 aliphatic heterocycles. The molecule has 3 aromatic rings. The Morgan fingerprint density at radius 1 is 0.857 bits per heavy atom. The molecule has 2 nitrogen and oxygen atoms in total. The summed E-state index contributed by atoms with van der Waals surface area (Å²) in [6, 6.07) is 12.3. The second-order valence-electron chi connectivity index (χ2n) is 4.58. The lowest BCUT2D eigenvalue weighted by Gasteiger charge is -2.03. The zero-order valence-electron chi connectivity index (χ0n) is 11.0. The Balaban J connectivity index is 2.13. The van der Waals surface area contributed by atoms with E-state index < -0.39 is 0 Å². The fraction of sp³-hybridized carbons (Fsp3) is 0.0625. The summed E-state index contributed by atoms with van der Waals surface area (Å²) in [5, 5.41) is 0. The molecule has 0 amide bonds. The summed E-state index contributed by atoms with van der Waals surface area (Å²) in [5.41, 5.74) is 3.08. The van der Waals surface area contributed by atoms with Gasteiger partial charge < -0.3 is 4.98 Å². The first-order valence-electron chi connectivity index (χ1n) is 6.39. The van der Waals surface area contributed by atoms with Gasteiger partial charge in [-0.25, -0.2) is 13.8 Å². The van der Waals surface area contributed by atoms with Crippen LogP contribution in [0.15, 0.2) is 48.5 Å². The predicted molar refractivity (Wildman–Crippen MR) is 82.1 cm³/mol. The van der Waals surface area contributed by atoms with Crippen molar-refractivity contribution in [3.8, 4) is 22.5 Å². The quantitative estimate of drug-likeness (QED) is 0.687. The molecule has 0 spiro atoms. The first-order chi connectivity index (χ1) is 10.2. The third-order valence-corrected chi connectivity index (χ3v) is 3.45. The Bertz CT molecular complexity index is 686. The number of thiol groups is 1. The zero-order chi connectivity index (χ0) is 14.8. The minimum atomic E-state index is -0.299. The third-order valence-electron chi connectivity index (χ3n) is 3.15. The van der Waals surface area contributed by atoms with Crippen LogP contribution in [0, 0.1) is 11.6 Å². The molecule has 0 unspecified atom stereocenters. The molecule has 1 N–H and O–H groups in total. The predicted octanol–water partition coefficient (Wildman–Crippen LogP) is 4.45. The molecule has 0 saturated heterocycles. The first kappa shape index (κ1) is 13.8. The maximum absolute atomic E-state index is 13.1. The van der Waals surface area contributed by atoms with Crippen molar-refractivity contribution in [1.29, 1.82) is 0 Å². The SMILES string of the molecule is Fc1ccc(-c2nc(CS)[nH]c2-c2ccc(F)cc2)cc1. The number of rotatable bonds is 3. The lowest BCUT2D eigenvalue weighted by Crippen LogP contribution is -1.85. The van der Waals surface area contributed by atoms with Crippen LogP contribution in [0.5, 0.6) is 0 Å². The van der Waals surface area contributed by atoms with E-state index in [9.17, 15) is 8.78 Å². The lowest BCUT2D eigenvalue weighted by atomic mass is 10.1. The van der Waals surface area contributed by atoms with Crippen LogP contribution in [-0.4, -0.2) is 9.97 Å². The highest BCUT2D eigenvalue weighted by Gasteiger charge is 2.13. The van der Waals surface area contributed by atoms with Gasteiger partial charge in [-0.15, -0.1) is 0 Å². The van der Waals surface area contributed by atoms with Gasteiger partial charge in [0.05, 0.1) is 11.4 Å². The van der Waals surface area contributed by atoms with Crippen molar-refractivity contribution in [3.05, 3.63) is 66.0 Å². The molecule has 0 bridgehead atoms. The summed E-state index contributed by atoms with van der Waals surface area (Å²) in [6.45, 7) is 0. The van der Waals surface area contributed by atoms with E-state index >= 15 is 0 Å². The average molecular weight is 302 g/mol. The minimum absolute atomic E-state index is 0.295. The molecule has 0 fully saturated rings. The number of aromatic amines is 1. The number of nitrogens with one attached hydrogen (secondary N) is 1. The van der Waals surface area contributed by atoms with Crippen molar-refractivity contribution in [1.82, 2.24) is 9.97 Å². The van der Waals surface area contributed by atoms with Crippen molar-refractivity contribution in [2.24, 2.45) is 0 Å².